The zero-order valence-electron chi connectivity index (χ0n) is 9.02. The van der Waals surface area contributed by atoms with Crippen LogP contribution < -0.4 is 4.74 Å². The van der Waals surface area contributed by atoms with Gasteiger partial charge in [-0.2, -0.15) is 0 Å². The second-order valence-corrected chi connectivity index (χ2v) is 4.36. The summed E-state index contributed by atoms with van der Waals surface area (Å²) in [5, 5.41) is 10.2. The molecule has 0 saturated heterocycles. The van der Waals surface area contributed by atoms with Gasteiger partial charge in [-0.15, -0.1) is 11.3 Å². The first-order valence-electron chi connectivity index (χ1n) is 4.95. The van der Waals surface area contributed by atoms with Crippen LogP contribution in [0.5, 0.6) is 5.75 Å². The summed E-state index contributed by atoms with van der Waals surface area (Å²) in [6.45, 7) is -0.153. The van der Waals surface area contributed by atoms with Crippen molar-refractivity contribution in [3.63, 3.8) is 0 Å². The Balaban J connectivity index is 2.07. The second kappa shape index (κ2) is 5.14. The van der Waals surface area contributed by atoms with Gasteiger partial charge in [-0.3, -0.25) is 0 Å². The van der Waals surface area contributed by atoms with Crippen LogP contribution in [-0.2, 0) is 6.61 Å². The predicted octanol–water partition coefficient (Wildman–Crippen LogP) is 3.30. The number of aromatic carboxylic acids is 1. The topological polar surface area (TPSA) is 46.5 Å². The molecule has 94 valence electrons. The van der Waals surface area contributed by atoms with Gasteiger partial charge in [0.25, 0.3) is 0 Å². The monoisotopic (exact) mass is 270 g/mol. The summed E-state index contributed by atoms with van der Waals surface area (Å²) in [5.74, 6) is -2.62. The molecule has 3 nitrogen and oxygen atoms in total. The summed E-state index contributed by atoms with van der Waals surface area (Å²) in [5.41, 5.74) is 0.0816. The first kappa shape index (κ1) is 12.5. The van der Waals surface area contributed by atoms with E-state index < -0.39 is 17.6 Å². The smallest absolute Gasteiger partial charge is 0.346 e. The Morgan fingerprint density at radius 1 is 1.39 bits per heavy atom. The van der Waals surface area contributed by atoms with Gasteiger partial charge in [0.15, 0.2) is 11.6 Å². The largest absolute Gasteiger partial charge is 0.488 e. The number of halogens is 2. The van der Waals surface area contributed by atoms with Gasteiger partial charge in [0, 0.05) is 17.0 Å². The summed E-state index contributed by atoms with van der Waals surface area (Å²) < 4.78 is 31.4. The number of carboxylic acids is 1. The standard InChI is InChI=1S/C12H8F2O3S/c13-9-3-1-2-7(11(9)14)5-17-8-4-10(12(15)16)18-6-8/h1-4,6H,5H2,(H,15,16). The van der Waals surface area contributed by atoms with Crippen LogP contribution in [0.15, 0.2) is 29.6 Å². The first-order chi connectivity index (χ1) is 8.58. The van der Waals surface area contributed by atoms with Crippen LogP contribution in [0, 0.1) is 11.6 Å². The van der Waals surface area contributed by atoms with Crippen molar-refractivity contribution in [3.05, 3.63) is 51.7 Å². The van der Waals surface area contributed by atoms with Crippen LogP contribution in [0.3, 0.4) is 0 Å². The maximum atomic E-state index is 13.3. The second-order valence-electron chi connectivity index (χ2n) is 3.45. The highest BCUT2D eigenvalue weighted by Gasteiger charge is 2.10. The molecule has 1 heterocycles. The molecule has 0 bridgehead atoms. The molecule has 2 aromatic rings. The number of benzene rings is 1. The lowest BCUT2D eigenvalue weighted by Gasteiger charge is -2.05. The molecule has 0 fully saturated rings. The number of carbonyl (C=O) groups is 1. The van der Waals surface area contributed by atoms with E-state index in [2.05, 4.69) is 0 Å². The van der Waals surface area contributed by atoms with E-state index >= 15 is 0 Å². The van der Waals surface area contributed by atoms with Gasteiger partial charge in [-0.25, -0.2) is 13.6 Å². The average Bonchev–Trinajstić information content (AvgIpc) is 2.80. The minimum absolute atomic E-state index is 0.0816. The van der Waals surface area contributed by atoms with Gasteiger partial charge in [0.2, 0.25) is 0 Å². The molecule has 0 spiro atoms. The molecule has 2 rings (SSSR count). The minimum atomic E-state index is -1.05. The minimum Gasteiger partial charge on any atom is -0.488 e. The Morgan fingerprint density at radius 2 is 2.17 bits per heavy atom. The lowest BCUT2D eigenvalue weighted by Crippen LogP contribution is -1.99. The first-order valence-corrected chi connectivity index (χ1v) is 5.83. The third-order valence-corrected chi connectivity index (χ3v) is 3.11. The molecule has 6 heteroatoms. The molecule has 0 aliphatic heterocycles. The van der Waals surface area contributed by atoms with Gasteiger partial charge >= 0.3 is 5.97 Å². The number of ether oxygens (including phenoxy) is 1. The fourth-order valence-corrected chi connectivity index (χ4v) is 1.99. The number of rotatable bonds is 4. The summed E-state index contributed by atoms with van der Waals surface area (Å²) >= 11 is 1.01. The fraction of sp³-hybridized carbons (Fsp3) is 0.0833. The molecule has 0 aliphatic carbocycles. The van der Waals surface area contributed by atoms with E-state index in [9.17, 15) is 13.6 Å². The van der Waals surface area contributed by atoms with Crippen LogP contribution in [0.4, 0.5) is 8.78 Å². The molecule has 0 aliphatic rings. The summed E-state index contributed by atoms with van der Waals surface area (Å²) in [6.07, 6.45) is 0. The van der Waals surface area contributed by atoms with Crippen LogP contribution >= 0.6 is 11.3 Å². The maximum absolute atomic E-state index is 13.3. The van der Waals surface area contributed by atoms with E-state index in [0.717, 1.165) is 17.4 Å². The van der Waals surface area contributed by atoms with Crippen molar-refractivity contribution in [2.45, 2.75) is 6.61 Å². The maximum Gasteiger partial charge on any atom is 0.346 e. The molecule has 0 amide bonds. The molecule has 1 aromatic carbocycles. The predicted molar refractivity (Wildman–Crippen MR) is 62.0 cm³/mol. The highest BCUT2D eigenvalue weighted by molar-refractivity contribution is 7.12. The Labute approximate surface area is 105 Å². The van der Waals surface area contributed by atoms with Gasteiger partial charge < -0.3 is 9.84 Å². The zero-order valence-corrected chi connectivity index (χ0v) is 9.84. The van der Waals surface area contributed by atoms with Crippen molar-refractivity contribution in [1.82, 2.24) is 0 Å². The van der Waals surface area contributed by atoms with Crippen molar-refractivity contribution in [3.8, 4) is 5.75 Å². The van der Waals surface area contributed by atoms with Crippen LogP contribution in [0.1, 0.15) is 15.2 Å². The summed E-state index contributed by atoms with van der Waals surface area (Å²) in [4.78, 5) is 10.8. The fourth-order valence-electron chi connectivity index (χ4n) is 1.33. The number of hydrogen-bond acceptors (Lipinski definition) is 3. The quantitative estimate of drug-likeness (QED) is 0.927. The molecule has 18 heavy (non-hydrogen) atoms. The van der Waals surface area contributed by atoms with Crippen molar-refractivity contribution < 1.29 is 23.4 Å². The summed E-state index contributed by atoms with van der Waals surface area (Å²) in [6, 6.07) is 5.15. The van der Waals surface area contributed by atoms with E-state index in [1.807, 2.05) is 0 Å². The SMILES string of the molecule is O=C(O)c1cc(OCc2cccc(F)c2F)cs1. The Kier molecular flexibility index (Phi) is 3.57. The van der Waals surface area contributed by atoms with Crippen molar-refractivity contribution >= 4 is 17.3 Å². The highest BCUT2D eigenvalue weighted by Crippen LogP contribution is 2.23. The van der Waals surface area contributed by atoms with Crippen LogP contribution in [-0.4, -0.2) is 11.1 Å². The van der Waals surface area contributed by atoms with Crippen molar-refractivity contribution in [1.29, 1.82) is 0 Å². The number of hydrogen-bond donors (Lipinski definition) is 1. The lowest BCUT2D eigenvalue weighted by atomic mass is 10.2. The molecule has 1 aromatic heterocycles. The molecular weight excluding hydrogens is 262 g/mol. The third kappa shape index (κ3) is 2.65. The molecule has 0 saturated carbocycles. The van der Waals surface area contributed by atoms with Gasteiger partial charge in [0.1, 0.15) is 17.2 Å². The van der Waals surface area contributed by atoms with E-state index in [-0.39, 0.29) is 17.0 Å². The van der Waals surface area contributed by atoms with Crippen molar-refractivity contribution in [2.75, 3.05) is 0 Å². The van der Waals surface area contributed by atoms with Gasteiger partial charge in [0.05, 0.1) is 0 Å². The average molecular weight is 270 g/mol. The third-order valence-electron chi connectivity index (χ3n) is 2.21. The van der Waals surface area contributed by atoms with Gasteiger partial charge in [-0.05, 0) is 6.07 Å². The van der Waals surface area contributed by atoms with Crippen LogP contribution in [0.2, 0.25) is 0 Å². The van der Waals surface area contributed by atoms with E-state index in [1.165, 1.54) is 23.6 Å². The molecule has 0 unspecified atom stereocenters. The molecule has 0 atom stereocenters. The van der Waals surface area contributed by atoms with Crippen LogP contribution in [0.25, 0.3) is 0 Å². The zero-order chi connectivity index (χ0) is 13.1. The van der Waals surface area contributed by atoms with E-state index in [1.54, 1.807) is 0 Å². The van der Waals surface area contributed by atoms with Crippen molar-refractivity contribution in [2.24, 2.45) is 0 Å². The number of carboxylic acid groups (broad SMARTS) is 1. The van der Waals surface area contributed by atoms with E-state index in [4.69, 9.17) is 9.84 Å². The Hall–Kier alpha value is -1.95. The van der Waals surface area contributed by atoms with Gasteiger partial charge in [-0.1, -0.05) is 12.1 Å². The molecule has 0 radical (unpaired) electrons. The van der Waals surface area contributed by atoms with E-state index in [0.29, 0.717) is 5.75 Å². The molecule has 1 N–H and O–H groups in total. The Bertz CT molecular complexity index is 580. The normalized spacial score (nSPS) is 10.3. The lowest BCUT2D eigenvalue weighted by molar-refractivity contribution is 0.0702. The molecular formula is C12H8F2O3S. The highest BCUT2D eigenvalue weighted by atomic mass is 32.1. The Morgan fingerprint density at radius 3 is 2.83 bits per heavy atom. The number of thiophene rings is 1. The summed E-state index contributed by atoms with van der Waals surface area (Å²) in [7, 11) is 0.